The van der Waals surface area contributed by atoms with Crippen LogP contribution in [0.2, 0.25) is 0 Å². The van der Waals surface area contributed by atoms with Crippen molar-refractivity contribution in [1.82, 2.24) is 0 Å². The Hall–Kier alpha value is -3.67. The molecule has 3 rings (SSSR count). The van der Waals surface area contributed by atoms with Crippen molar-refractivity contribution in [2.45, 2.75) is 6.42 Å². The third-order valence-electron chi connectivity index (χ3n) is 4.34. The molecular weight excluding hydrogens is 368 g/mol. The van der Waals surface area contributed by atoms with E-state index in [-0.39, 0.29) is 12.3 Å². The van der Waals surface area contributed by atoms with Crippen LogP contribution in [-0.4, -0.2) is 27.2 Å². The van der Waals surface area contributed by atoms with Gasteiger partial charge in [0.1, 0.15) is 5.75 Å². The summed E-state index contributed by atoms with van der Waals surface area (Å²) in [7, 11) is 4.79. The first-order valence-electron chi connectivity index (χ1n) is 9.13. The number of benzene rings is 3. The molecular formula is C23H24N2O4. The molecule has 0 aliphatic carbocycles. The quantitative estimate of drug-likeness (QED) is 0.585. The summed E-state index contributed by atoms with van der Waals surface area (Å²) in [5.74, 6) is 1.92. The molecule has 0 saturated carbocycles. The van der Waals surface area contributed by atoms with Gasteiger partial charge in [-0.2, -0.15) is 0 Å². The first-order chi connectivity index (χ1) is 14.1. The van der Waals surface area contributed by atoms with Gasteiger partial charge in [0.25, 0.3) is 0 Å². The van der Waals surface area contributed by atoms with E-state index in [9.17, 15) is 4.79 Å². The number of carbonyl (C=O) groups excluding carboxylic acids is 1. The summed E-state index contributed by atoms with van der Waals surface area (Å²) in [5.41, 5.74) is 3.41. The molecule has 0 spiro atoms. The van der Waals surface area contributed by atoms with E-state index in [1.807, 2.05) is 54.6 Å². The highest BCUT2D eigenvalue weighted by molar-refractivity contribution is 5.92. The van der Waals surface area contributed by atoms with Crippen LogP contribution in [0.3, 0.4) is 0 Å². The minimum absolute atomic E-state index is 0.106. The lowest BCUT2D eigenvalue weighted by Crippen LogP contribution is -2.14. The molecule has 150 valence electrons. The highest BCUT2D eigenvalue weighted by Gasteiger charge is 2.09. The van der Waals surface area contributed by atoms with E-state index in [1.54, 1.807) is 33.5 Å². The van der Waals surface area contributed by atoms with E-state index < -0.39 is 0 Å². The third-order valence-corrected chi connectivity index (χ3v) is 4.34. The van der Waals surface area contributed by atoms with Gasteiger partial charge < -0.3 is 24.8 Å². The fraction of sp³-hybridized carbons (Fsp3) is 0.174. The van der Waals surface area contributed by atoms with Crippen LogP contribution in [0.1, 0.15) is 5.56 Å². The van der Waals surface area contributed by atoms with Crippen molar-refractivity contribution in [3.63, 3.8) is 0 Å². The Labute approximate surface area is 170 Å². The van der Waals surface area contributed by atoms with Crippen molar-refractivity contribution in [3.8, 4) is 17.2 Å². The molecule has 0 fully saturated rings. The van der Waals surface area contributed by atoms with Gasteiger partial charge >= 0.3 is 0 Å². The average Bonchev–Trinajstić information content (AvgIpc) is 2.75. The minimum atomic E-state index is -0.106. The molecule has 1 amide bonds. The number of amides is 1. The molecule has 6 nitrogen and oxygen atoms in total. The monoisotopic (exact) mass is 392 g/mol. The Morgan fingerprint density at radius 2 is 1.48 bits per heavy atom. The van der Waals surface area contributed by atoms with Crippen LogP contribution < -0.4 is 24.8 Å². The standard InChI is InChI=1S/C23H24N2O4/c1-27-20-6-4-5-19(15-20)24-17-8-10-18(11-9-17)25-23(26)14-16-7-12-21(28-2)22(13-16)29-3/h4-13,15,24H,14H2,1-3H3,(H,25,26). The number of methoxy groups -OCH3 is 3. The minimum Gasteiger partial charge on any atom is -0.497 e. The van der Waals surface area contributed by atoms with Crippen LogP contribution in [-0.2, 0) is 11.2 Å². The largest absolute Gasteiger partial charge is 0.497 e. The molecule has 0 unspecified atom stereocenters. The van der Waals surface area contributed by atoms with Gasteiger partial charge in [-0.3, -0.25) is 4.79 Å². The highest BCUT2D eigenvalue weighted by Crippen LogP contribution is 2.28. The van der Waals surface area contributed by atoms with Crippen molar-refractivity contribution in [1.29, 1.82) is 0 Å². The van der Waals surface area contributed by atoms with Gasteiger partial charge in [-0.15, -0.1) is 0 Å². The summed E-state index contributed by atoms with van der Waals surface area (Å²) in [6, 6.07) is 20.7. The van der Waals surface area contributed by atoms with Gasteiger partial charge in [0, 0.05) is 23.1 Å². The van der Waals surface area contributed by atoms with E-state index in [1.165, 1.54) is 0 Å². The topological polar surface area (TPSA) is 68.8 Å². The van der Waals surface area contributed by atoms with Crippen molar-refractivity contribution in [3.05, 3.63) is 72.3 Å². The van der Waals surface area contributed by atoms with Crippen LogP contribution in [0, 0.1) is 0 Å². The van der Waals surface area contributed by atoms with E-state index >= 15 is 0 Å². The first-order valence-corrected chi connectivity index (χ1v) is 9.13. The Morgan fingerprint density at radius 3 is 2.17 bits per heavy atom. The van der Waals surface area contributed by atoms with Crippen LogP contribution in [0.15, 0.2) is 66.7 Å². The molecule has 0 saturated heterocycles. The molecule has 3 aromatic rings. The van der Waals surface area contributed by atoms with E-state index in [4.69, 9.17) is 14.2 Å². The molecule has 0 heterocycles. The van der Waals surface area contributed by atoms with Crippen LogP contribution >= 0.6 is 0 Å². The number of hydrogen-bond donors (Lipinski definition) is 2. The number of ether oxygens (including phenoxy) is 3. The maximum atomic E-state index is 12.4. The number of hydrogen-bond acceptors (Lipinski definition) is 5. The molecule has 2 N–H and O–H groups in total. The van der Waals surface area contributed by atoms with Gasteiger partial charge in [-0.1, -0.05) is 12.1 Å². The second-order valence-electron chi connectivity index (χ2n) is 6.35. The van der Waals surface area contributed by atoms with E-state index in [0.29, 0.717) is 11.5 Å². The number of carbonyl (C=O) groups is 1. The summed E-state index contributed by atoms with van der Waals surface area (Å²) in [6.07, 6.45) is 0.240. The Balaban J connectivity index is 1.59. The molecule has 6 heteroatoms. The van der Waals surface area contributed by atoms with Gasteiger partial charge in [0.2, 0.25) is 5.91 Å². The number of nitrogens with one attached hydrogen (secondary N) is 2. The summed E-state index contributed by atoms with van der Waals surface area (Å²) >= 11 is 0. The lowest BCUT2D eigenvalue weighted by Gasteiger charge is -2.11. The average molecular weight is 392 g/mol. The second-order valence-corrected chi connectivity index (χ2v) is 6.35. The Kier molecular flexibility index (Phi) is 6.58. The van der Waals surface area contributed by atoms with Gasteiger partial charge in [-0.25, -0.2) is 0 Å². The zero-order valence-electron chi connectivity index (χ0n) is 16.7. The van der Waals surface area contributed by atoms with Crippen LogP contribution in [0.5, 0.6) is 17.2 Å². The zero-order valence-corrected chi connectivity index (χ0v) is 16.7. The fourth-order valence-electron chi connectivity index (χ4n) is 2.89. The fourth-order valence-corrected chi connectivity index (χ4v) is 2.89. The number of rotatable bonds is 8. The van der Waals surface area contributed by atoms with Crippen molar-refractivity contribution in [2.75, 3.05) is 32.0 Å². The normalized spacial score (nSPS) is 10.2. The predicted molar refractivity (Wildman–Crippen MR) is 115 cm³/mol. The second kappa shape index (κ2) is 9.50. The van der Waals surface area contributed by atoms with Crippen LogP contribution in [0.4, 0.5) is 17.1 Å². The Bertz CT molecular complexity index is 971. The summed E-state index contributed by atoms with van der Waals surface area (Å²) in [6.45, 7) is 0. The SMILES string of the molecule is COc1cccc(Nc2ccc(NC(=O)Cc3ccc(OC)c(OC)c3)cc2)c1. The van der Waals surface area contributed by atoms with Crippen LogP contribution in [0.25, 0.3) is 0 Å². The molecule has 0 atom stereocenters. The first kappa shape index (κ1) is 20.1. The molecule has 29 heavy (non-hydrogen) atoms. The van der Waals surface area contributed by atoms with E-state index in [0.717, 1.165) is 28.4 Å². The van der Waals surface area contributed by atoms with Gasteiger partial charge in [0.15, 0.2) is 11.5 Å². The number of anilines is 3. The molecule has 3 aromatic carbocycles. The molecule has 0 aromatic heterocycles. The summed E-state index contributed by atoms with van der Waals surface area (Å²) in [5, 5.41) is 6.21. The van der Waals surface area contributed by atoms with Crippen molar-refractivity contribution < 1.29 is 19.0 Å². The Morgan fingerprint density at radius 1 is 0.759 bits per heavy atom. The molecule has 0 bridgehead atoms. The molecule has 0 radical (unpaired) electrons. The predicted octanol–water partition coefficient (Wildman–Crippen LogP) is 4.64. The lowest BCUT2D eigenvalue weighted by atomic mass is 10.1. The molecule has 0 aliphatic heterocycles. The summed E-state index contributed by atoms with van der Waals surface area (Å²) < 4.78 is 15.7. The van der Waals surface area contributed by atoms with Crippen molar-refractivity contribution >= 4 is 23.0 Å². The van der Waals surface area contributed by atoms with Gasteiger partial charge in [-0.05, 0) is 54.1 Å². The van der Waals surface area contributed by atoms with Crippen molar-refractivity contribution in [2.24, 2.45) is 0 Å². The summed E-state index contributed by atoms with van der Waals surface area (Å²) in [4.78, 5) is 12.4. The zero-order chi connectivity index (χ0) is 20.6. The maximum absolute atomic E-state index is 12.4. The molecule has 0 aliphatic rings. The van der Waals surface area contributed by atoms with E-state index in [2.05, 4.69) is 10.6 Å². The lowest BCUT2D eigenvalue weighted by molar-refractivity contribution is -0.115. The van der Waals surface area contributed by atoms with Gasteiger partial charge in [0.05, 0.1) is 27.8 Å². The highest BCUT2D eigenvalue weighted by atomic mass is 16.5. The third kappa shape index (κ3) is 5.42. The maximum Gasteiger partial charge on any atom is 0.228 e. The smallest absolute Gasteiger partial charge is 0.228 e.